The van der Waals surface area contributed by atoms with Crippen LogP contribution in [0.15, 0.2) is 18.3 Å². The maximum Gasteiger partial charge on any atom is 0.128 e. The molecule has 1 saturated heterocycles. The minimum atomic E-state index is 0.161. The number of rotatable bonds is 1. The van der Waals surface area contributed by atoms with Crippen molar-refractivity contribution in [1.82, 2.24) is 9.88 Å². The predicted octanol–water partition coefficient (Wildman–Crippen LogP) is 1.48. The zero-order valence-electron chi connectivity index (χ0n) is 10.6. The van der Waals surface area contributed by atoms with E-state index in [0.29, 0.717) is 5.56 Å². The molecule has 4 nitrogen and oxygen atoms in total. The molecule has 1 fully saturated rings. The second kappa shape index (κ2) is 4.34. The van der Waals surface area contributed by atoms with Gasteiger partial charge in [-0.25, -0.2) is 4.98 Å². The van der Waals surface area contributed by atoms with Crippen LogP contribution in [0, 0.1) is 11.3 Å². The Bertz CT molecular complexity index is 430. The minimum Gasteiger partial charge on any atom is -0.354 e. The molecule has 90 valence electrons. The molecule has 0 aromatic carbocycles. The van der Waals surface area contributed by atoms with E-state index in [1.165, 1.54) is 0 Å². The van der Waals surface area contributed by atoms with Gasteiger partial charge in [0.25, 0.3) is 0 Å². The molecule has 0 atom stereocenters. The van der Waals surface area contributed by atoms with Crippen LogP contribution >= 0.6 is 0 Å². The largest absolute Gasteiger partial charge is 0.354 e. The number of hydrogen-bond donors (Lipinski definition) is 0. The van der Waals surface area contributed by atoms with E-state index in [1.807, 2.05) is 12.1 Å². The number of likely N-dealkylation sites (N-methyl/N-ethyl adjacent to an activating group) is 1. The summed E-state index contributed by atoms with van der Waals surface area (Å²) in [6.45, 7) is 7.46. The van der Waals surface area contributed by atoms with Gasteiger partial charge in [0.15, 0.2) is 0 Å². The molecule has 0 spiro atoms. The summed E-state index contributed by atoms with van der Waals surface area (Å²) in [6, 6.07) is 5.85. The molecule has 0 saturated carbocycles. The lowest BCUT2D eigenvalue weighted by molar-refractivity contribution is 0.138. The van der Waals surface area contributed by atoms with E-state index >= 15 is 0 Å². The normalized spacial score (nSPS) is 20.0. The Morgan fingerprint density at radius 2 is 2.12 bits per heavy atom. The molecular formula is C13H18N4. The second-order valence-electron chi connectivity index (χ2n) is 5.17. The topological polar surface area (TPSA) is 43.2 Å². The molecule has 17 heavy (non-hydrogen) atoms. The van der Waals surface area contributed by atoms with Crippen molar-refractivity contribution in [3.8, 4) is 6.07 Å². The van der Waals surface area contributed by atoms with Crippen LogP contribution in [-0.2, 0) is 0 Å². The minimum absolute atomic E-state index is 0.161. The van der Waals surface area contributed by atoms with Crippen molar-refractivity contribution in [2.24, 2.45) is 0 Å². The summed E-state index contributed by atoms with van der Waals surface area (Å²) in [5.74, 6) is 0.963. The Morgan fingerprint density at radius 3 is 2.65 bits per heavy atom. The van der Waals surface area contributed by atoms with Gasteiger partial charge < -0.3 is 4.90 Å². The average Bonchev–Trinajstić information content (AvgIpc) is 2.33. The van der Waals surface area contributed by atoms with E-state index < -0.39 is 0 Å². The zero-order chi connectivity index (χ0) is 12.5. The highest BCUT2D eigenvalue weighted by atomic mass is 15.3. The Kier molecular flexibility index (Phi) is 3.03. The Hall–Kier alpha value is -1.60. The van der Waals surface area contributed by atoms with Gasteiger partial charge in [-0.15, -0.1) is 0 Å². The summed E-state index contributed by atoms with van der Waals surface area (Å²) in [5, 5.41) is 8.75. The average molecular weight is 230 g/mol. The third-order valence-electron chi connectivity index (χ3n) is 3.52. The number of anilines is 1. The summed E-state index contributed by atoms with van der Waals surface area (Å²) < 4.78 is 0. The number of hydrogen-bond acceptors (Lipinski definition) is 4. The first kappa shape index (κ1) is 11.9. The fraction of sp³-hybridized carbons (Fsp3) is 0.538. The SMILES string of the molecule is CN1CCN(c2ccc(C#N)cn2)CC1(C)C. The van der Waals surface area contributed by atoms with Gasteiger partial charge in [0.2, 0.25) is 0 Å². The van der Waals surface area contributed by atoms with Crippen LogP contribution in [-0.4, -0.2) is 42.1 Å². The van der Waals surface area contributed by atoms with Crippen molar-refractivity contribution in [2.75, 3.05) is 31.6 Å². The Labute approximate surface area is 102 Å². The molecule has 0 radical (unpaired) electrons. The molecule has 2 rings (SSSR count). The molecular weight excluding hydrogens is 212 g/mol. The lowest BCUT2D eigenvalue weighted by Crippen LogP contribution is -2.57. The second-order valence-corrected chi connectivity index (χ2v) is 5.17. The maximum absolute atomic E-state index is 8.75. The van der Waals surface area contributed by atoms with E-state index in [0.717, 1.165) is 25.5 Å². The summed E-state index contributed by atoms with van der Waals surface area (Å²) >= 11 is 0. The van der Waals surface area contributed by atoms with Crippen LogP contribution < -0.4 is 4.90 Å². The quantitative estimate of drug-likeness (QED) is 0.733. The van der Waals surface area contributed by atoms with Crippen LogP contribution in [0.4, 0.5) is 5.82 Å². The highest BCUT2D eigenvalue weighted by Crippen LogP contribution is 2.22. The number of aromatic nitrogens is 1. The molecule has 0 bridgehead atoms. The van der Waals surface area contributed by atoms with Crippen LogP contribution in [0.3, 0.4) is 0 Å². The van der Waals surface area contributed by atoms with E-state index in [2.05, 4.69) is 41.7 Å². The first-order chi connectivity index (χ1) is 8.03. The highest BCUT2D eigenvalue weighted by molar-refractivity contribution is 5.43. The summed E-state index contributed by atoms with van der Waals surface area (Å²) in [7, 11) is 2.16. The van der Waals surface area contributed by atoms with Crippen molar-refractivity contribution >= 4 is 5.82 Å². The fourth-order valence-corrected chi connectivity index (χ4v) is 2.08. The van der Waals surface area contributed by atoms with Crippen molar-refractivity contribution in [3.63, 3.8) is 0 Å². The molecule has 0 aliphatic carbocycles. The van der Waals surface area contributed by atoms with Gasteiger partial charge in [-0.05, 0) is 33.0 Å². The zero-order valence-corrected chi connectivity index (χ0v) is 10.6. The van der Waals surface area contributed by atoms with Crippen molar-refractivity contribution in [3.05, 3.63) is 23.9 Å². The number of pyridine rings is 1. The highest BCUT2D eigenvalue weighted by Gasteiger charge is 2.31. The van der Waals surface area contributed by atoms with Gasteiger partial charge in [-0.1, -0.05) is 0 Å². The van der Waals surface area contributed by atoms with Crippen LogP contribution in [0.2, 0.25) is 0 Å². The molecule has 2 heterocycles. The lowest BCUT2D eigenvalue weighted by atomic mass is 10.00. The smallest absolute Gasteiger partial charge is 0.128 e. The molecule has 0 unspecified atom stereocenters. The predicted molar refractivity (Wildman–Crippen MR) is 67.9 cm³/mol. The van der Waals surface area contributed by atoms with Gasteiger partial charge in [-0.2, -0.15) is 5.26 Å². The summed E-state index contributed by atoms with van der Waals surface area (Å²) in [6.07, 6.45) is 1.64. The van der Waals surface area contributed by atoms with Gasteiger partial charge in [0.05, 0.1) is 5.56 Å². The van der Waals surface area contributed by atoms with Crippen LogP contribution in [0.25, 0.3) is 0 Å². The summed E-state index contributed by atoms with van der Waals surface area (Å²) in [5.41, 5.74) is 0.774. The third-order valence-corrected chi connectivity index (χ3v) is 3.52. The van der Waals surface area contributed by atoms with Gasteiger partial charge >= 0.3 is 0 Å². The van der Waals surface area contributed by atoms with E-state index in [1.54, 1.807) is 6.20 Å². The monoisotopic (exact) mass is 230 g/mol. The van der Waals surface area contributed by atoms with Crippen molar-refractivity contribution < 1.29 is 0 Å². The fourth-order valence-electron chi connectivity index (χ4n) is 2.08. The van der Waals surface area contributed by atoms with Gasteiger partial charge in [-0.3, -0.25) is 4.90 Å². The number of nitrogens with zero attached hydrogens (tertiary/aromatic N) is 4. The van der Waals surface area contributed by atoms with Crippen molar-refractivity contribution in [1.29, 1.82) is 5.26 Å². The maximum atomic E-state index is 8.75. The molecule has 1 aliphatic heterocycles. The molecule has 0 N–H and O–H groups in total. The van der Waals surface area contributed by atoms with Gasteiger partial charge in [0.1, 0.15) is 11.9 Å². The molecule has 0 amide bonds. The Balaban J connectivity index is 2.15. The van der Waals surface area contributed by atoms with Gasteiger partial charge in [0, 0.05) is 31.4 Å². The van der Waals surface area contributed by atoms with E-state index in [-0.39, 0.29) is 5.54 Å². The number of piperazine rings is 1. The molecule has 1 aromatic rings. The summed E-state index contributed by atoms with van der Waals surface area (Å²) in [4.78, 5) is 9.00. The molecule has 1 aliphatic rings. The Morgan fingerprint density at radius 1 is 1.35 bits per heavy atom. The number of nitriles is 1. The van der Waals surface area contributed by atoms with Crippen molar-refractivity contribution in [2.45, 2.75) is 19.4 Å². The first-order valence-electron chi connectivity index (χ1n) is 5.85. The first-order valence-corrected chi connectivity index (χ1v) is 5.85. The lowest BCUT2D eigenvalue weighted by Gasteiger charge is -2.45. The molecule has 1 aromatic heterocycles. The van der Waals surface area contributed by atoms with Crippen LogP contribution in [0.5, 0.6) is 0 Å². The third kappa shape index (κ3) is 2.40. The molecule has 4 heteroatoms. The van der Waals surface area contributed by atoms with Crippen LogP contribution in [0.1, 0.15) is 19.4 Å². The van der Waals surface area contributed by atoms with E-state index in [4.69, 9.17) is 5.26 Å². The standard InChI is InChI=1S/C13H18N4/c1-13(2)10-17(7-6-16(13)3)12-5-4-11(8-14)9-15-12/h4-5,9H,6-7,10H2,1-3H3. The van der Waals surface area contributed by atoms with E-state index in [9.17, 15) is 0 Å².